The van der Waals surface area contributed by atoms with Crippen LogP contribution in [-0.2, 0) is 6.54 Å². The van der Waals surface area contributed by atoms with E-state index in [0.717, 1.165) is 23.6 Å². The molecule has 2 aromatic rings. The highest BCUT2D eigenvalue weighted by Crippen LogP contribution is 2.17. The number of hydrogen-bond acceptors (Lipinski definition) is 4. The number of aliphatic imine (C=N–C) groups is 1. The van der Waals surface area contributed by atoms with Gasteiger partial charge < -0.3 is 20.3 Å². The summed E-state index contributed by atoms with van der Waals surface area (Å²) >= 11 is 0. The van der Waals surface area contributed by atoms with E-state index in [1.54, 1.807) is 0 Å². The molecule has 0 fully saturated rings. The van der Waals surface area contributed by atoms with Crippen LogP contribution < -0.4 is 20.3 Å². The molecule has 8 heteroatoms. The lowest BCUT2D eigenvalue weighted by Crippen LogP contribution is -2.39. The lowest BCUT2D eigenvalue weighted by atomic mass is 10.3. The number of nitrogens with one attached hydrogen (secondary N) is 2. The van der Waals surface area contributed by atoms with E-state index in [2.05, 4.69) is 20.6 Å². The number of nitrogens with zero attached hydrogens (tertiary/aromatic N) is 3. The molecule has 0 spiro atoms. The van der Waals surface area contributed by atoms with Crippen molar-refractivity contribution in [3.05, 3.63) is 53.7 Å². The average molecular weight is 377 g/mol. The molecule has 0 unspecified atom stereocenters. The molecule has 0 aliphatic carbocycles. The van der Waals surface area contributed by atoms with Gasteiger partial charge in [0.05, 0.1) is 18.8 Å². The first kappa shape index (κ1) is 20.4. The quantitative estimate of drug-likeness (QED) is 0.421. The minimum atomic E-state index is -0.720. The minimum absolute atomic E-state index is 0.0184. The van der Waals surface area contributed by atoms with E-state index in [9.17, 15) is 8.78 Å². The van der Waals surface area contributed by atoms with Gasteiger partial charge in [-0.1, -0.05) is 6.07 Å². The first-order chi connectivity index (χ1) is 13.0. The van der Waals surface area contributed by atoms with Gasteiger partial charge in [0, 0.05) is 26.7 Å². The summed E-state index contributed by atoms with van der Waals surface area (Å²) in [6.07, 6.45) is 0. The van der Waals surface area contributed by atoms with Crippen LogP contribution >= 0.6 is 0 Å². The lowest BCUT2D eigenvalue weighted by Gasteiger charge is -2.13. The number of aromatic nitrogens is 1. The van der Waals surface area contributed by atoms with E-state index < -0.39 is 11.6 Å². The van der Waals surface area contributed by atoms with Gasteiger partial charge in [0.25, 0.3) is 0 Å². The van der Waals surface area contributed by atoms with Crippen LogP contribution in [0.25, 0.3) is 0 Å². The van der Waals surface area contributed by atoms with Crippen molar-refractivity contribution in [3.8, 4) is 5.75 Å². The lowest BCUT2D eigenvalue weighted by molar-refractivity contribution is 0.304. The summed E-state index contributed by atoms with van der Waals surface area (Å²) in [5.74, 6) is 0.145. The average Bonchev–Trinajstić information content (AvgIpc) is 2.64. The second-order valence-electron chi connectivity index (χ2n) is 5.93. The fourth-order valence-corrected chi connectivity index (χ4v) is 2.23. The number of guanidine groups is 1. The largest absolute Gasteiger partial charge is 0.489 e. The Morgan fingerprint density at radius 2 is 2.00 bits per heavy atom. The Bertz CT molecular complexity index is 768. The summed E-state index contributed by atoms with van der Waals surface area (Å²) < 4.78 is 31.7. The molecule has 1 heterocycles. The van der Waals surface area contributed by atoms with E-state index in [-0.39, 0.29) is 12.4 Å². The second kappa shape index (κ2) is 10.3. The van der Waals surface area contributed by atoms with E-state index in [1.807, 2.05) is 44.1 Å². The molecular weight excluding hydrogens is 352 g/mol. The molecule has 0 saturated carbocycles. The van der Waals surface area contributed by atoms with E-state index >= 15 is 0 Å². The van der Waals surface area contributed by atoms with Crippen molar-refractivity contribution in [1.82, 2.24) is 15.6 Å². The molecule has 0 aliphatic heterocycles. The number of halogens is 2. The van der Waals surface area contributed by atoms with Crippen molar-refractivity contribution in [2.24, 2.45) is 4.99 Å². The predicted molar refractivity (Wildman–Crippen MR) is 103 cm³/mol. The van der Waals surface area contributed by atoms with Crippen molar-refractivity contribution in [2.75, 3.05) is 38.7 Å². The zero-order valence-electron chi connectivity index (χ0n) is 15.8. The number of hydrogen-bond donors (Lipinski definition) is 2. The third-order valence-corrected chi connectivity index (χ3v) is 3.54. The summed E-state index contributed by atoms with van der Waals surface area (Å²) in [5, 5.41) is 6.24. The minimum Gasteiger partial charge on any atom is -0.489 e. The molecule has 0 saturated heterocycles. The Balaban J connectivity index is 1.87. The first-order valence-corrected chi connectivity index (χ1v) is 8.73. The molecule has 27 heavy (non-hydrogen) atoms. The predicted octanol–water partition coefficient (Wildman–Crippen LogP) is 2.56. The first-order valence-electron chi connectivity index (χ1n) is 8.73. The maximum atomic E-state index is 13.5. The fourth-order valence-electron chi connectivity index (χ4n) is 2.23. The number of benzene rings is 1. The standard InChI is InChI=1S/C19H25F2N5O/c1-4-22-19(24-13-15-6-5-7-18(25-15)26(2)3)23-10-11-27-17-9-8-14(20)12-16(17)21/h5-9,12H,4,10-11,13H2,1-3H3,(H2,22,23,24). The summed E-state index contributed by atoms with van der Waals surface area (Å²) in [6, 6.07) is 9.02. The molecule has 1 aromatic carbocycles. The van der Waals surface area contributed by atoms with Crippen LogP contribution in [-0.4, -0.2) is 44.7 Å². The smallest absolute Gasteiger partial charge is 0.191 e. The van der Waals surface area contributed by atoms with Gasteiger partial charge in [0.2, 0.25) is 0 Å². The molecule has 2 N–H and O–H groups in total. The van der Waals surface area contributed by atoms with Crippen LogP contribution in [0.15, 0.2) is 41.4 Å². The van der Waals surface area contributed by atoms with Gasteiger partial charge in [-0.2, -0.15) is 0 Å². The summed E-state index contributed by atoms with van der Waals surface area (Å²) in [5.41, 5.74) is 0.850. The third kappa shape index (κ3) is 6.73. The Hall–Kier alpha value is -2.90. The summed E-state index contributed by atoms with van der Waals surface area (Å²) in [4.78, 5) is 10.9. The zero-order chi connectivity index (χ0) is 19.6. The van der Waals surface area contributed by atoms with Gasteiger partial charge in [-0.25, -0.2) is 18.8 Å². The molecule has 0 atom stereocenters. The number of rotatable bonds is 8. The fraction of sp³-hybridized carbons (Fsp3) is 0.368. The molecule has 0 bridgehead atoms. The highest BCUT2D eigenvalue weighted by Gasteiger charge is 2.05. The van der Waals surface area contributed by atoms with Gasteiger partial charge >= 0.3 is 0 Å². The summed E-state index contributed by atoms with van der Waals surface area (Å²) in [6.45, 7) is 3.70. The number of ether oxygens (including phenoxy) is 1. The van der Waals surface area contributed by atoms with Crippen LogP contribution in [0.3, 0.4) is 0 Å². The van der Waals surface area contributed by atoms with Crippen LogP contribution in [0.2, 0.25) is 0 Å². The van der Waals surface area contributed by atoms with Crippen molar-refractivity contribution in [3.63, 3.8) is 0 Å². The van der Waals surface area contributed by atoms with Crippen LogP contribution in [0.4, 0.5) is 14.6 Å². The Kier molecular flexibility index (Phi) is 7.79. The van der Waals surface area contributed by atoms with Crippen LogP contribution in [0.5, 0.6) is 5.75 Å². The highest BCUT2D eigenvalue weighted by molar-refractivity contribution is 5.79. The number of pyridine rings is 1. The maximum absolute atomic E-state index is 13.5. The van der Waals surface area contributed by atoms with Crippen LogP contribution in [0.1, 0.15) is 12.6 Å². The van der Waals surface area contributed by atoms with Crippen molar-refractivity contribution in [1.29, 1.82) is 0 Å². The molecular formula is C19H25F2N5O. The molecule has 1 aromatic heterocycles. The molecule has 0 aliphatic rings. The van der Waals surface area contributed by atoms with E-state index in [0.29, 0.717) is 25.6 Å². The third-order valence-electron chi connectivity index (χ3n) is 3.54. The highest BCUT2D eigenvalue weighted by atomic mass is 19.1. The zero-order valence-corrected chi connectivity index (χ0v) is 15.8. The molecule has 0 radical (unpaired) electrons. The van der Waals surface area contributed by atoms with Gasteiger partial charge in [-0.3, -0.25) is 0 Å². The Morgan fingerprint density at radius 3 is 2.70 bits per heavy atom. The Morgan fingerprint density at radius 1 is 1.19 bits per heavy atom. The Labute approximate surface area is 158 Å². The maximum Gasteiger partial charge on any atom is 0.191 e. The number of anilines is 1. The van der Waals surface area contributed by atoms with Crippen molar-refractivity contribution in [2.45, 2.75) is 13.5 Å². The molecule has 146 valence electrons. The topological polar surface area (TPSA) is 61.8 Å². The van der Waals surface area contributed by atoms with Gasteiger partial charge in [0.15, 0.2) is 17.5 Å². The van der Waals surface area contributed by atoms with Crippen molar-refractivity contribution >= 4 is 11.8 Å². The molecule has 0 amide bonds. The van der Waals surface area contributed by atoms with Crippen LogP contribution in [0, 0.1) is 11.6 Å². The monoisotopic (exact) mass is 377 g/mol. The second-order valence-corrected chi connectivity index (χ2v) is 5.93. The normalized spacial score (nSPS) is 11.2. The van der Waals surface area contributed by atoms with Gasteiger partial charge in [0.1, 0.15) is 18.2 Å². The molecule has 6 nitrogen and oxygen atoms in total. The van der Waals surface area contributed by atoms with Crippen molar-refractivity contribution < 1.29 is 13.5 Å². The van der Waals surface area contributed by atoms with Gasteiger partial charge in [-0.15, -0.1) is 0 Å². The van der Waals surface area contributed by atoms with Gasteiger partial charge in [-0.05, 0) is 31.2 Å². The SMILES string of the molecule is CCNC(=NCc1cccc(N(C)C)n1)NCCOc1ccc(F)cc1F. The van der Waals surface area contributed by atoms with E-state index in [4.69, 9.17) is 4.74 Å². The van der Waals surface area contributed by atoms with E-state index in [1.165, 1.54) is 6.07 Å². The summed E-state index contributed by atoms with van der Waals surface area (Å²) in [7, 11) is 3.87. The molecule has 2 rings (SSSR count).